The smallest absolute Gasteiger partial charge is 0.274 e. The van der Waals surface area contributed by atoms with Gasteiger partial charge in [0.1, 0.15) is 11.4 Å². The summed E-state index contributed by atoms with van der Waals surface area (Å²) in [6.07, 6.45) is 1.93. The summed E-state index contributed by atoms with van der Waals surface area (Å²) in [5.41, 5.74) is 2.50. The van der Waals surface area contributed by atoms with Crippen molar-refractivity contribution < 1.29 is 9.90 Å². The van der Waals surface area contributed by atoms with Crippen LogP contribution < -0.4 is 4.90 Å². The van der Waals surface area contributed by atoms with E-state index in [2.05, 4.69) is 22.0 Å². The molecule has 6 heteroatoms. The zero-order valence-electron chi connectivity index (χ0n) is 13.3. The van der Waals surface area contributed by atoms with E-state index in [1.54, 1.807) is 12.1 Å². The van der Waals surface area contributed by atoms with Crippen LogP contribution in [-0.2, 0) is 6.42 Å². The van der Waals surface area contributed by atoms with Gasteiger partial charge in [-0.1, -0.05) is 19.4 Å². The second-order valence-corrected chi connectivity index (χ2v) is 5.83. The molecule has 0 aliphatic carbocycles. The highest BCUT2D eigenvalue weighted by atomic mass is 16.3. The number of aromatic hydroxyl groups is 1. The van der Waals surface area contributed by atoms with Gasteiger partial charge in [0.25, 0.3) is 5.91 Å². The van der Waals surface area contributed by atoms with Gasteiger partial charge in [0.15, 0.2) is 0 Å². The summed E-state index contributed by atoms with van der Waals surface area (Å²) in [6, 6.07) is 9.08. The Balaban J connectivity index is 1.60. The number of carbonyl (C=O) groups excluding carboxylic acids is 1. The SMILES string of the molecule is CCCc1cc(C(=O)N2CCN(c3cccc(O)c3)CC2)n[nH]1. The third-order valence-corrected chi connectivity index (χ3v) is 4.13. The fourth-order valence-electron chi connectivity index (χ4n) is 2.89. The van der Waals surface area contributed by atoms with Crippen molar-refractivity contribution >= 4 is 11.6 Å². The first kappa shape index (κ1) is 15.4. The highest BCUT2D eigenvalue weighted by Gasteiger charge is 2.24. The maximum Gasteiger partial charge on any atom is 0.274 e. The quantitative estimate of drug-likeness (QED) is 0.906. The molecule has 0 atom stereocenters. The van der Waals surface area contributed by atoms with Gasteiger partial charge in [0.2, 0.25) is 0 Å². The number of aromatic amines is 1. The van der Waals surface area contributed by atoms with Crippen molar-refractivity contribution in [2.45, 2.75) is 19.8 Å². The Labute approximate surface area is 135 Å². The Morgan fingerprint density at radius 2 is 2.04 bits per heavy atom. The van der Waals surface area contributed by atoms with Crippen molar-refractivity contribution in [1.29, 1.82) is 0 Å². The molecule has 3 rings (SSSR count). The molecule has 6 nitrogen and oxygen atoms in total. The van der Waals surface area contributed by atoms with Crippen LogP contribution in [0.1, 0.15) is 29.5 Å². The summed E-state index contributed by atoms with van der Waals surface area (Å²) in [7, 11) is 0. The Morgan fingerprint density at radius 1 is 1.26 bits per heavy atom. The van der Waals surface area contributed by atoms with E-state index in [0.29, 0.717) is 18.8 Å². The van der Waals surface area contributed by atoms with E-state index in [0.717, 1.165) is 37.3 Å². The van der Waals surface area contributed by atoms with Crippen LogP contribution in [0.3, 0.4) is 0 Å². The first-order chi connectivity index (χ1) is 11.2. The number of phenolic OH excluding ortho intramolecular Hbond substituents is 1. The number of amides is 1. The van der Waals surface area contributed by atoms with E-state index in [1.165, 1.54) is 0 Å². The molecule has 1 aliphatic heterocycles. The number of piperazine rings is 1. The Kier molecular flexibility index (Phi) is 4.50. The summed E-state index contributed by atoms with van der Waals surface area (Å²) >= 11 is 0. The summed E-state index contributed by atoms with van der Waals surface area (Å²) in [5, 5.41) is 16.6. The predicted molar refractivity (Wildman–Crippen MR) is 88.8 cm³/mol. The zero-order chi connectivity index (χ0) is 16.2. The highest BCUT2D eigenvalue weighted by molar-refractivity contribution is 5.92. The highest BCUT2D eigenvalue weighted by Crippen LogP contribution is 2.21. The van der Waals surface area contributed by atoms with Gasteiger partial charge in [-0.05, 0) is 24.6 Å². The molecule has 0 unspecified atom stereocenters. The van der Waals surface area contributed by atoms with Gasteiger partial charge in [0, 0.05) is 43.6 Å². The topological polar surface area (TPSA) is 72.5 Å². The van der Waals surface area contributed by atoms with Crippen LogP contribution in [0.5, 0.6) is 5.75 Å². The van der Waals surface area contributed by atoms with Gasteiger partial charge >= 0.3 is 0 Å². The Bertz CT molecular complexity index is 675. The summed E-state index contributed by atoms with van der Waals surface area (Å²) in [6.45, 7) is 4.92. The number of aryl methyl sites for hydroxylation is 1. The van der Waals surface area contributed by atoms with Crippen LogP contribution in [0.25, 0.3) is 0 Å². The molecule has 0 bridgehead atoms. The molecule has 1 amide bonds. The number of H-pyrrole nitrogens is 1. The van der Waals surface area contributed by atoms with Gasteiger partial charge in [-0.25, -0.2) is 0 Å². The number of aromatic nitrogens is 2. The van der Waals surface area contributed by atoms with Gasteiger partial charge in [0.05, 0.1) is 0 Å². The fraction of sp³-hybridized carbons (Fsp3) is 0.412. The molecule has 0 radical (unpaired) electrons. The van der Waals surface area contributed by atoms with Crippen LogP contribution in [0.2, 0.25) is 0 Å². The number of benzene rings is 1. The van der Waals surface area contributed by atoms with Gasteiger partial charge in [-0.3, -0.25) is 9.89 Å². The number of nitrogens with zero attached hydrogens (tertiary/aromatic N) is 3. The van der Waals surface area contributed by atoms with E-state index in [9.17, 15) is 9.90 Å². The number of nitrogens with one attached hydrogen (secondary N) is 1. The van der Waals surface area contributed by atoms with Gasteiger partial charge in [-0.15, -0.1) is 0 Å². The zero-order valence-corrected chi connectivity index (χ0v) is 13.3. The number of anilines is 1. The molecule has 0 saturated carbocycles. The third kappa shape index (κ3) is 3.47. The van der Waals surface area contributed by atoms with Crippen molar-refractivity contribution in [1.82, 2.24) is 15.1 Å². The molecule has 23 heavy (non-hydrogen) atoms. The van der Waals surface area contributed by atoms with Crippen molar-refractivity contribution in [2.75, 3.05) is 31.1 Å². The third-order valence-electron chi connectivity index (χ3n) is 4.13. The van der Waals surface area contributed by atoms with Crippen molar-refractivity contribution in [2.24, 2.45) is 0 Å². The van der Waals surface area contributed by atoms with Crippen LogP contribution in [0.15, 0.2) is 30.3 Å². The second kappa shape index (κ2) is 6.73. The van der Waals surface area contributed by atoms with Crippen molar-refractivity contribution in [3.05, 3.63) is 41.7 Å². The largest absolute Gasteiger partial charge is 0.508 e. The van der Waals surface area contributed by atoms with Crippen molar-refractivity contribution in [3.63, 3.8) is 0 Å². The van der Waals surface area contributed by atoms with Crippen LogP contribution in [0, 0.1) is 0 Å². The number of carbonyl (C=O) groups is 1. The molecule has 1 fully saturated rings. The van der Waals surface area contributed by atoms with Crippen LogP contribution >= 0.6 is 0 Å². The number of rotatable bonds is 4. The molecule has 1 aromatic carbocycles. The van der Waals surface area contributed by atoms with Crippen molar-refractivity contribution in [3.8, 4) is 5.75 Å². The van der Waals surface area contributed by atoms with E-state index in [-0.39, 0.29) is 11.7 Å². The minimum atomic E-state index is -0.0147. The average molecular weight is 314 g/mol. The number of phenols is 1. The first-order valence-electron chi connectivity index (χ1n) is 8.05. The Morgan fingerprint density at radius 3 is 2.74 bits per heavy atom. The van der Waals surface area contributed by atoms with Gasteiger partial charge in [-0.2, -0.15) is 5.10 Å². The first-order valence-corrected chi connectivity index (χ1v) is 8.05. The van der Waals surface area contributed by atoms with Crippen LogP contribution in [0.4, 0.5) is 5.69 Å². The molecule has 1 saturated heterocycles. The lowest BCUT2D eigenvalue weighted by Crippen LogP contribution is -2.48. The lowest BCUT2D eigenvalue weighted by Gasteiger charge is -2.35. The molecule has 2 aromatic rings. The molecule has 122 valence electrons. The summed E-state index contributed by atoms with van der Waals surface area (Å²) < 4.78 is 0. The Hall–Kier alpha value is -2.50. The summed E-state index contributed by atoms with van der Waals surface area (Å²) in [5.74, 6) is 0.250. The lowest BCUT2D eigenvalue weighted by molar-refractivity contribution is 0.0741. The monoisotopic (exact) mass is 314 g/mol. The fourth-order valence-corrected chi connectivity index (χ4v) is 2.89. The molecular weight excluding hydrogens is 292 g/mol. The maximum atomic E-state index is 12.5. The minimum absolute atomic E-state index is 0.0147. The molecule has 2 heterocycles. The van der Waals surface area contributed by atoms with Crippen LogP contribution in [-0.4, -0.2) is 52.3 Å². The molecule has 2 N–H and O–H groups in total. The van der Waals surface area contributed by atoms with E-state index in [4.69, 9.17) is 0 Å². The standard InChI is InChI=1S/C17H22N4O2/c1-2-4-13-11-16(19-18-13)17(23)21-9-7-20(8-10-21)14-5-3-6-15(22)12-14/h3,5-6,11-12,22H,2,4,7-10H2,1H3,(H,18,19). The molecule has 1 aromatic heterocycles. The van der Waals surface area contributed by atoms with E-state index in [1.807, 2.05) is 23.1 Å². The predicted octanol–water partition coefficient (Wildman–Crippen LogP) is 2.03. The second-order valence-electron chi connectivity index (χ2n) is 5.83. The molecule has 0 spiro atoms. The van der Waals surface area contributed by atoms with E-state index >= 15 is 0 Å². The lowest BCUT2D eigenvalue weighted by atomic mass is 10.2. The summed E-state index contributed by atoms with van der Waals surface area (Å²) in [4.78, 5) is 16.5. The van der Waals surface area contributed by atoms with Gasteiger partial charge < -0.3 is 14.9 Å². The number of hydrogen-bond donors (Lipinski definition) is 2. The minimum Gasteiger partial charge on any atom is -0.508 e. The number of hydrogen-bond acceptors (Lipinski definition) is 4. The molecular formula is C17H22N4O2. The average Bonchev–Trinajstić information content (AvgIpc) is 3.03. The molecule has 1 aliphatic rings. The normalized spacial score (nSPS) is 15.0. The maximum absolute atomic E-state index is 12.5. The van der Waals surface area contributed by atoms with E-state index < -0.39 is 0 Å².